The zero-order valence-electron chi connectivity index (χ0n) is 12.6. The van der Waals surface area contributed by atoms with E-state index in [2.05, 4.69) is 10.6 Å². The molecule has 0 heterocycles. The Balaban J connectivity index is 2.09. The highest BCUT2D eigenvalue weighted by molar-refractivity contribution is 7.80. The van der Waals surface area contributed by atoms with Gasteiger partial charge in [-0.05, 0) is 42.5 Å². The van der Waals surface area contributed by atoms with Crippen LogP contribution in [0.25, 0.3) is 0 Å². The molecule has 0 radical (unpaired) electrons. The van der Waals surface area contributed by atoms with Gasteiger partial charge in [0.15, 0.2) is 5.11 Å². The molecule has 0 atom stereocenters. The molecule has 0 aliphatic carbocycles. The number of thiocarbonyl (C=S) groups is 1. The monoisotopic (exact) mass is 350 g/mol. The summed E-state index contributed by atoms with van der Waals surface area (Å²) in [6, 6.07) is 11.8. The number of hydrogen-bond acceptors (Lipinski definition) is 4. The third-order valence-corrected chi connectivity index (χ3v) is 3.41. The van der Waals surface area contributed by atoms with Crippen molar-refractivity contribution in [2.45, 2.75) is 0 Å². The van der Waals surface area contributed by atoms with E-state index in [-0.39, 0.29) is 11.0 Å². The van der Waals surface area contributed by atoms with Crippen molar-refractivity contribution in [2.75, 3.05) is 19.5 Å². The minimum atomic E-state index is -0.355. The molecule has 5 nitrogen and oxygen atoms in total. The summed E-state index contributed by atoms with van der Waals surface area (Å²) in [5.41, 5.74) is 1.00. The fourth-order valence-corrected chi connectivity index (χ4v) is 2.26. The number of nitrogens with one attached hydrogen (secondary N) is 2. The summed E-state index contributed by atoms with van der Waals surface area (Å²) < 4.78 is 10.4. The van der Waals surface area contributed by atoms with E-state index in [4.69, 9.17) is 33.3 Å². The lowest BCUT2D eigenvalue weighted by Crippen LogP contribution is -2.34. The third kappa shape index (κ3) is 4.58. The highest BCUT2D eigenvalue weighted by Gasteiger charge is 2.11. The molecule has 7 heteroatoms. The summed E-state index contributed by atoms with van der Waals surface area (Å²) in [4.78, 5) is 12.1. The second-order valence-corrected chi connectivity index (χ2v) is 5.33. The van der Waals surface area contributed by atoms with Crippen LogP contribution in [0.4, 0.5) is 5.69 Å². The standard InChI is InChI=1S/C16H15ClN2O3S/c1-21-12-6-7-14(22-2)13(9-12)18-16(23)19-15(20)10-4-3-5-11(17)8-10/h3-9H,1-2H3,(H2,18,19,20,23). The van der Waals surface area contributed by atoms with Crippen LogP contribution in [0.2, 0.25) is 5.02 Å². The first-order valence-corrected chi connectivity index (χ1v) is 7.42. The lowest BCUT2D eigenvalue weighted by atomic mass is 10.2. The molecule has 0 bridgehead atoms. The number of anilines is 1. The van der Waals surface area contributed by atoms with Gasteiger partial charge in [0.2, 0.25) is 0 Å². The molecule has 2 rings (SSSR count). The zero-order chi connectivity index (χ0) is 16.8. The quantitative estimate of drug-likeness (QED) is 0.827. The van der Waals surface area contributed by atoms with Gasteiger partial charge >= 0.3 is 0 Å². The van der Waals surface area contributed by atoms with E-state index in [0.717, 1.165) is 0 Å². The molecule has 0 saturated carbocycles. The molecule has 23 heavy (non-hydrogen) atoms. The second kappa shape index (κ2) is 7.80. The Morgan fingerprint density at radius 2 is 1.91 bits per heavy atom. The van der Waals surface area contributed by atoms with Crippen LogP contribution in [-0.2, 0) is 0 Å². The zero-order valence-corrected chi connectivity index (χ0v) is 14.1. The first kappa shape index (κ1) is 17.1. The number of hydrogen-bond donors (Lipinski definition) is 2. The van der Waals surface area contributed by atoms with E-state index in [1.54, 1.807) is 56.7 Å². The van der Waals surface area contributed by atoms with Gasteiger partial charge in [-0.3, -0.25) is 10.1 Å². The SMILES string of the molecule is COc1ccc(OC)c(NC(=S)NC(=O)c2cccc(Cl)c2)c1. The Morgan fingerprint density at radius 3 is 2.57 bits per heavy atom. The Bertz CT molecular complexity index is 737. The van der Waals surface area contributed by atoms with Crippen LogP contribution in [0.15, 0.2) is 42.5 Å². The number of amides is 1. The van der Waals surface area contributed by atoms with E-state index < -0.39 is 0 Å². The van der Waals surface area contributed by atoms with Gasteiger partial charge in [-0.1, -0.05) is 17.7 Å². The van der Waals surface area contributed by atoms with Crippen molar-refractivity contribution < 1.29 is 14.3 Å². The maximum Gasteiger partial charge on any atom is 0.257 e. The van der Waals surface area contributed by atoms with Gasteiger partial charge < -0.3 is 14.8 Å². The predicted molar refractivity (Wildman–Crippen MR) is 94.7 cm³/mol. The Hall–Kier alpha value is -2.31. The van der Waals surface area contributed by atoms with Crippen molar-refractivity contribution >= 4 is 40.5 Å². The van der Waals surface area contributed by atoms with Gasteiger partial charge in [-0.15, -0.1) is 0 Å². The summed E-state index contributed by atoms with van der Waals surface area (Å²) in [7, 11) is 3.10. The van der Waals surface area contributed by atoms with Crippen LogP contribution in [0.5, 0.6) is 11.5 Å². The van der Waals surface area contributed by atoms with Crippen LogP contribution in [0, 0.1) is 0 Å². The average molecular weight is 351 g/mol. The maximum atomic E-state index is 12.1. The van der Waals surface area contributed by atoms with E-state index in [1.807, 2.05) is 0 Å². The number of methoxy groups -OCH3 is 2. The van der Waals surface area contributed by atoms with E-state index in [0.29, 0.717) is 27.8 Å². The van der Waals surface area contributed by atoms with Crippen LogP contribution < -0.4 is 20.1 Å². The molecular weight excluding hydrogens is 336 g/mol. The van der Waals surface area contributed by atoms with Crippen molar-refractivity contribution in [3.05, 3.63) is 53.1 Å². The Morgan fingerprint density at radius 1 is 1.13 bits per heavy atom. The number of halogens is 1. The van der Waals surface area contributed by atoms with Gasteiger partial charge in [0.1, 0.15) is 11.5 Å². The maximum absolute atomic E-state index is 12.1. The predicted octanol–water partition coefficient (Wildman–Crippen LogP) is 3.48. The molecule has 2 aromatic rings. The van der Waals surface area contributed by atoms with Gasteiger partial charge in [0.05, 0.1) is 19.9 Å². The third-order valence-electron chi connectivity index (χ3n) is 2.97. The molecule has 0 aliphatic heterocycles. The molecule has 120 valence electrons. The molecule has 0 spiro atoms. The number of rotatable bonds is 4. The van der Waals surface area contributed by atoms with Crippen molar-refractivity contribution in [1.29, 1.82) is 0 Å². The second-order valence-electron chi connectivity index (χ2n) is 4.48. The van der Waals surface area contributed by atoms with Gasteiger partial charge in [-0.2, -0.15) is 0 Å². The number of benzene rings is 2. The van der Waals surface area contributed by atoms with Crippen molar-refractivity contribution in [3.63, 3.8) is 0 Å². The highest BCUT2D eigenvalue weighted by Crippen LogP contribution is 2.28. The van der Waals surface area contributed by atoms with E-state index in [9.17, 15) is 4.79 Å². The molecule has 2 aromatic carbocycles. The fraction of sp³-hybridized carbons (Fsp3) is 0.125. The first-order chi connectivity index (χ1) is 11.0. The largest absolute Gasteiger partial charge is 0.497 e. The minimum absolute atomic E-state index is 0.140. The molecule has 2 N–H and O–H groups in total. The molecule has 1 amide bonds. The molecule has 0 saturated heterocycles. The van der Waals surface area contributed by atoms with Crippen molar-refractivity contribution in [1.82, 2.24) is 5.32 Å². The Labute approximate surface area is 144 Å². The van der Waals surface area contributed by atoms with Gasteiger partial charge in [0.25, 0.3) is 5.91 Å². The minimum Gasteiger partial charge on any atom is -0.497 e. The van der Waals surface area contributed by atoms with Crippen LogP contribution in [0.3, 0.4) is 0 Å². The topological polar surface area (TPSA) is 59.6 Å². The fourth-order valence-electron chi connectivity index (χ4n) is 1.87. The molecule has 0 fully saturated rings. The average Bonchev–Trinajstić information content (AvgIpc) is 2.54. The summed E-state index contributed by atoms with van der Waals surface area (Å²) >= 11 is 11.0. The number of ether oxygens (including phenoxy) is 2. The molecule has 0 aromatic heterocycles. The van der Waals surface area contributed by atoms with Gasteiger partial charge in [-0.25, -0.2) is 0 Å². The van der Waals surface area contributed by atoms with Crippen molar-refractivity contribution in [2.24, 2.45) is 0 Å². The van der Waals surface area contributed by atoms with Crippen LogP contribution >= 0.6 is 23.8 Å². The summed E-state index contributed by atoms with van der Waals surface area (Å²) in [5, 5.41) is 6.12. The number of carbonyl (C=O) groups is 1. The molecule has 0 unspecified atom stereocenters. The molecular formula is C16H15ClN2O3S. The van der Waals surface area contributed by atoms with Crippen LogP contribution in [0.1, 0.15) is 10.4 Å². The van der Waals surface area contributed by atoms with E-state index in [1.165, 1.54) is 0 Å². The van der Waals surface area contributed by atoms with Gasteiger partial charge in [0, 0.05) is 16.7 Å². The molecule has 0 aliphatic rings. The summed E-state index contributed by atoms with van der Waals surface area (Å²) in [6.07, 6.45) is 0. The summed E-state index contributed by atoms with van der Waals surface area (Å²) in [5.74, 6) is 0.856. The summed E-state index contributed by atoms with van der Waals surface area (Å²) in [6.45, 7) is 0. The van der Waals surface area contributed by atoms with Crippen LogP contribution in [-0.4, -0.2) is 25.2 Å². The smallest absolute Gasteiger partial charge is 0.257 e. The highest BCUT2D eigenvalue weighted by atomic mass is 35.5. The van der Waals surface area contributed by atoms with Crippen molar-refractivity contribution in [3.8, 4) is 11.5 Å². The normalized spacial score (nSPS) is 9.87. The van der Waals surface area contributed by atoms with E-state index >= 15 is 0 Å². The Kier molecular flexibility index (Phi) is 5.78. The first-order valence-electron chi connectivity index (χ1n) is 6.63. The number of carbonyl (C=O) groups excluding carboxylic acids is 1. The lowest BCUT2D eigenvalue weighted by molar-refractivity contribution is 0.0977. The lowest BCUT2D eigenvalue weighted by Gasteiger charge is -2.14.